The molecule has 0 aromatic heterocycles. The zero-order valence-corrected chi connectivity index (χ0v) is 11.2. The highest BCUT2D eigenvalue weighted by molar-refractivity contribution is 5.87. The summed E-state index contributed by atoms with van der Waals surface area (Å²) in [5.74, 6) is 0.596. The van der Waals surface area contributed by atoms with E-state index < -0.39 is 11.9 Å². The number of nitrogens with one attached hydrogen (secondary N) is 1. The zero-order valence-electron chi connectivity index (χ0n) is 11.2. The molecule has 0 aliphatic heterocycles. The van der Waals surface area contributed by atoms with Crippen molar-refractivity contribution in [2.45, 2.75) is 51.5 Å². The predicted octanol–water partition coefficient (Wildman–Crippen LogP) is 0.522. The third-order valence-corrected chi connectivity index (χ3v) is 3.87. The summed E-state index contributed by atoms with van der Waals surface area (Å²) in [6.07, 6.45) is 6.01. The van der Waals surface area contributed by atoms with Gasteiger partial charge >= 0.3 is 0 Å². The van der Waals surface area contributed by atoms with Crippen LogP contribution < -0.4 is 16.8 Å². The summed E-state index contributed by atoms with van der Waals surface area (Å²) in [7, 11) is 0. The fraction of sp³-hybridized carbons (Fsp3) is 0.846. The van der Waals surface area contributed by atoms with Crippen molar-refractivity contribution in [3.8, 4) is 0 Å². The number of rotatable bonds is 6. The van der Waals surface area contributed by atoms with Gasteiger partial charge in [-0.05, 0) is 24.7 Å². The van der Waals surface area contributed by atoms with E-state index in [-0.39, 0.29) is 12.3 Å². The van der Waals surface area contributed by atoms with Crippen molar-refractivity contribution in [2.75, 3.05) is 6.54 Å². The van der Waals surface area contributed by atoms with Crippen molar-refractivity contribution in [3.63, 3.8) is 0 Å². The van der Waals surface area contributed by atoms with Crippen LogP contribution in [-0.2, 0) is 9.59 Å². The highest BCUT2D eigenvalue weighted by Crippen LogP contribution is 2.29. The molecule has 2 amide bonds. The Kier molecular flexibility index (Phi) is 6.12. The number of hydrogen-bond acceptors (Lipinski definition) is 3. The monoisotopic (exact) mass is 255 g/mol. The summed E-state index contributed by atoms with van der Waals surface area (Å²) >= 11 is 0. The van der Waals surface area contributed by atoms with Gasteiger partial charge < -0.3 is 16.8 Å². The molecule has 5 heteroatoms. The van der Waals surface area contributed by atoms with E-state index in [4.69, 9.17) is 11.5 Å². The lowest BCUT2D eigenvalue weighted by Crippen LogP contribution is -2.44. The van der Waals surface area contributed by atoms with Gasteiger partial charge in [-0.1, -0.05) is 26.2 Å². The van der Waals surface area contributed by atoms with Gasteiger partial charge in [-0.2, -0.15) is 0 Å². The lowest BCUT2D eigenvalue weighted by Gasteiger charge is -2.28. The van der Waals surface area contributed by atoms with Crippen LogP contribution in [0.3, 0.4) is 0 Å². The Bertz CT molecular complexity index is 286. The lowest BCUT2D eigenvalue weighted by molar-refractivity contribution is -0.126. The molecule has 104 valence electrons. The molecule has 0 heterocycles. The number of nitrogens with two attached hydrogens (primary N) is 2. The average molecular weight is 255 g/mol. The summed E-state index contributed by atoms with van der Waals surface area (Å²) in [5.41, 5.74) is 10.6. The molecule has 0 aromatic rings. The van der Waals surface area contributed by atoms with Gasteiger partial charge in [0.15, 0.2) is 0 Å². The van der Waals surface area contributed by atoms with E-state index in [0.29, 0.717) is 12.5 Å². The Hall–Kier alpha value is -1.10. The molecular formula is C13H25N3O2. The minimum absolute atomic E-state index is 0.0889. The van der Waals surface area contributed by atoms with Crippen molar-refractivity contribution in [1.29, 1.82) is 0 Å². The molecule has 1 aliphatic rings. The number of carbonyl (C=O) groups is 2. The Morgan fingerprint density at radius 3 is 2.28 bits per heavy atom. The molecule has 5 nitrogen and oxygen atoms in total. The second kappa shape index (κ2) is 7.36. The van der Waals surface area contributed by atoms with Crippen molar-refractivity contribution in [1.82, 2.24) is 5.32 Å². The maximum absolute atomic E-state index is 11.6. The summed E-state index contributed by atoms with van der Waals surface area (Å²) in [4.78, 5) is 22.2. The van der Waals surface area contributed by atoms with Crippen LogP contribution in [0.4, 0.5) is 0 Å². The molecule has 0 spiro atoms. The average Bonchev–Trinajstić information content (AvgIpc) is 2.35. The molecule has 0 aromatic carbocycles. The Balaban J connectivity index is 2.21. The van der Waals surface area contributed by atoms with Gasteiger partial charge in [-0.3, -0.25) is 9.59 Å². The van der Waals surface area contributed by atoms with Crippen LogP contribution in [-0.4, -0.2) is 24.4 Å². The van der Waals surface area contributed by atoms with Crippen LogP contribution in [0.1, 0.15) is 45.4 Å². The Labute approximate surface area is 109 Å². The highest BCUT2D eigenvalue weighted by Gasteiger charge is 2.22. The first-order valence-electron chi connectivity index (χ1n) is 6.84. The number of carbonyl (C=O) groups excluding carboxylic acids is 2. The Morgan fingerprint density at radius 1 is 1.22 bits per heavy atom. The van der Waals surface area contributed by atoms with Crippen LogP contribution in [0.2, 0.25) is 0 Å². The number of primary amides is 1. The summed E-state index contributed by atoms with van der Waals surface area (Å²) in [6, 6.07) is -0.811. The van der Waals surface area contributed by atoms with Gasteiger partial charge in [0.05, 0.1) is 12.5 Å². The van der Waals surface area contributed by atoms with Crippen molar-refractivity contribution < 1.29 is 9.59 Å². The molecule has 0 radical (unpaired) electrons. The van der Waals surface area contributed by atoms with Gasteiger partial charge in [-0.25, -0.2) is 0 Å². The molecule has 1 atom stereocenters. The minimum Gasteiger partial charge on any atom is -0.370 e. The SMILES string of the molecule is CCC1CCC(CNC(=O)C(N)CC(N)=O)CC1. The molecule has 18 heavy (non-hydrogen) atoms. The van der Waals surface area contributed by atoms with E-state index in [1.807, 2.05) is 0 Å². The summed E-state index contributed by atoms with van der Waals surface area (Å²) in [5, 5.41) is 2.82. The first-order valence-corrected chi connectivity index (χ1v) is 6.84. The van der Waals surface area contributed by atoms with E-state index in [1.54, 1.807) is 0 Å². The fourth-order valence-corrected chi connectivity index (χ4v) is 2.53. The first-order chi connectivity index (χ1) is 8.52. The molecule has 1 rings (SSSR count). The largest absolute Gasteiger partial charge is 0.370 e. The second-order valence-electron chi connectivity index (χ2n) is 5.32. The standard InChI is InChI=1S/C13H25N3O2/c1-2-9-3-5-10(6-4-9)8-16-13(18)11(14)7-12(15)17/h9-11H,2-8,14H2,1H3,(H2,15,17)(H,16,18). The molecule has 0 saturated heterocycles. The lowest BCUT2D eigenvalue weighted by atomic mass is 9.81. The smallest absolute Gasteiger partial charge is 0.237 e. The van der Waals surface area contributed by atoms with Crippen LogP contribution in [0.25, 0.3) is 0 Å². The van der Waals surface area contributed by atoms with E-state index in [9.17, 15) is 9.59 Å². The van der Waals surface area contributed by atoms with Gasteiger partial charge in [0, 0.05) is 6.54 Å². The molecule has 5 N–H and O–H groups in total. The third-order valence-electron chi connectivity index (χ3n) is 3.87. The van der Waals surface area contributed by atoms with Crippen molar-refractivity contribution in [3.05, 3.63) is 0 Å². The molecule has 1 fully saturated rings. The maximum Gasteiger partial charge on any atom is 0.237 e. The number of hydrogen-bond donors (Lipinski definition) is 3. The minimum atomic E-state index is -0.811. The molecule has 1 saturated carbocycles. The van der Waals surface area contributed by atoms with E-state index in [1.165, 1.54) is 32.1 Å². The highest BCUT2D eigenvalue weighted by atomic mass is 16.2. The molecule has 1 unspecified atom stereocenters. The normalized spacial score (nSPS) is 25.4. The first kappa shape index (κ1) is 15.0. The van der Waals surface area contributed by atoms with E-state index in [0.717, 1.165) is 5.92 Å². The maximum atomic E-state index is 11.6. The van der Waals surface area contributed by atoms with Crippen LogP contribution >= 0.6 is 0 Å². The second-order valence-corrected chi connectivity index (χ2v) is 5.32. The van der Waals surface area contributed by atoms with Crippen LogP contribution in [0.5, 0.6) is 0 Å². The van der Waals surface area contributed by atoms with Crippen LogP contribution in [0, 0.1) is 11.8 Å². The zero-order chi connectivity index (χ0) is 13.5. The van der Waals surface area contributed by atoms with Gasteiger partial charge in [-0.15, -0.1) is 0 Å². The molecular weight excluding hydrogens is 230 g/mol. The topological polar surface area (TPSA) is 98.2 Å². The molecule has 1 aliphatic carbocycles. The Morgan fingerprint density at radius 2 is 1.78 bits per heavy atom. The van der Waals surface area contributed by atoms with Gasteiger partial charge in [0.2, 0.25) is 11.8 Å². The quantitative estimate of drug-likeness (QED) is 0.645. The summed E-state index contributed by atoms with van der Waals surface area (Å²) < 4.78 is 0. The van der Waals surface area contributed by atoms with E-state index >= 15 is 0 Å². The van der Waals surface area contributed by atoms with Crippen LogP contribution in [0.15, 0.2) is 0 Å². The third kappa shape index (κ3) is 5.04. The van der Waals surface area contributed by atoms with E-state index in [2.05, 4.69) is 12.2 Å². The summed E-state index contributed by atoms with van der Waals surface area (Å²) in [6.45, 7) is 2.90. The van der Waals surface area contributed by atoms with Crippen molar-refractivity contribution in [2.24, 2.45) is 23.3 Å². The van der Waals surface area contributed by atoms with Gasteiger partial charge in [0.1, 0.15) is 0 Å². The number of amides is 2. The molecule has 0 bridgehead atoms. The predicted molar refractivity (Wildman–Crippen MR) is 70.5 cm³/mol. The van der Waals surface area contributed by atoms with Crippen molar-refractivity contribution >= 4 is 11.8 Å². The van der Waals surface area contributed by atoms with Gasteiger partial charge in [0.25, 0.3) is 0 Å². The fourth-order valence-electron chi connectivity index (χ4n) is 2.53.